The molecule has 0 radical (unpaired) electrons. The number of hydrogen-bond acceptors (Lipinski definition) is 3. The van der Waals surface area contributed by atoms with Gasteiger partial charge in [-0.15, -0.1) is 0 Å². The van der Waals surface area contributed by atoms with E-state index < -0.39 is 0 Å². The van der Waals surface area contributed by atoms with E-state index in [9.17, 15) is 9.18 Å². The van der Waals surface area contributed by atoms with E-state index in [1.165, 1.54) is 16.2 Å². The van der Waals surface area contributed by atoms with Gasteiger partial charge in [-0.25, -0.2) is 0 Å². The molecule has 2 saturated heterocycles. The third-order valence-electron chi connectivity index (χ3n) is 5.39. The number of alkyl halides is 1. The zero-order valence-electron chi connectivity index (χ0n) is 13.4. The summed E-state index contributed by atoms with van der Waals surface area (Å²) in [7, 11) is 1.47. The smallest absolute Gasteiger partial charge is 0.310 e. The van der Waals surface area contributed by atoms with Gasteiger partial charge in [-0.1, -0.05) is 12.1 Å². The number of benzene rings is 1. The molecular formula is C18H23FINO2. The van der Waals surface area contributed by atoms with E-state index in [-0.39, 0.29) is 30.5 Å². The Labute approximate surface area is 150 Å². The Morgan fingerprint density at radius 2 is 2.09 bits per heavy atom. The van der Waals surface area contributed by atoms with Crippen LogP contribution in [-0.2, 0) is 9.53 Å². The van der Waals surface area contributed by atoms with Crippen molar-refractivity contribution in [2.24, 2.45) is 5.92 Å². The molecule has 2 bridgehead atoms. The fourth-order valence-corrected chi connectivity index (χ4v) is 4.77. The number of nitrogens with zero attached hydrogens (tertiary/aromatic N) is 1. The number of esters is 1. The average Bonchev–Trinajstić information content (AvgIpc) is 2.84. The number of methoxy groups -OCH3 is 1. The molecule has 0 spiro atoms. The molecule has 1 aromatic rings. The lowest BCUT2D eigenvalue weighted by Crippen LogP contribution is -2.51. The van der Waals surface area contributed by atoms with Crippen LogP contribution >= 0.6 is 22.6 Å². The van der Waals surface area contributed by atoms with Crippen LogP contribution in [0.2, 0.25) is 0 Å². The van der Waals surface area contributed by atoms with Crippen molar-refractivity contribution in [2.75, 3.05) is 20.3 Å². The van der Waals surface area contributed by atoms with Gasteiger partial charge >= 0.3 is 5.97 Å². The Kier molecular flexibility index (Phi) is 5.57. The molecule has 0 unspecified atom stereocenters. The van der Waals surface area contributed by atoms with E-state index in [2.05, 4.69) is 51.8 Å². The molecule has 2 heterocycles. The zero-order chi connectivity index (χ0) is 16.4. The first-order chi connectivity index (χ1) is 11.2. The lowest BCUT2D eigenvalue weighted by atomic mass is 9.76. The van der Waals surface area contributed by atoms with Gasteiger partial charge in [0.1, 0.15) is 0 Å². The molecule has 2 aliphatic heterocycles. The minimum absolute atomic E-state index is 0.121. The number of carbonyl (C=O) groups excluding carboxylic acids is 1. The number of fused-ring (bicyclic) bond motifs is 2. The van der Waals surface area contributed by atoms with Crippen LogP contribution in [0.15, 0.2) is 24.3 Å². The van der Waals surface area contributed by atoms with Gasteiger partial charge in [-0.2, -0.15) is 0 Å². The summed E-state index contributed by atoms with van der Waals surface area (Å²) in [6.07, 6.45) is 3.63. The second kappa shape index (κ2) is 7.47. The highest BCUT2D eigenvalue weighted by Crippen LogP contribution is 2.47. The van der Waals surface area contributed by atoms with Crippen molar-refractivity contribution in [3.05, 3.63) is 33.4 Å². The van der Waals surface area contributed by atoms with Crippen LogP contribution in [0.1, 0.15) is 37.2 Å². The number of carbonyl (C=O) groups is 1. The van der Waals surface area contributed by atoms with Gasteiger partial charge in [0.25, 0.3) is 0 Å². The number of rotatable bonds is 5. The van der Waals surface area contributed by atoms with Gasteiger partial charge in [-0.3, -0.25) is 14.1 Å². The quantitative estimate of drug-likeness (QED) is 0.526. The lowest BCUT2D eigenvalue weighted by Gasteiger charge is -2.43. The van der Waals surface area contributed by atoms with Crippen LogP contribution in [0.25, 0.3) is 0 Å². The summed E-state index contributed by atoms with van der Waals surface area (Å²) in [5.41, 5.74) is 1.22. The Bertz CT molecular complexity index is 550. The van der Waals surface area contributed by atoms with E-state index in [1.807, 2.05) is 0 Å². The SMILES string of the molecule is COC(=O)[C@H]1[C@@H](c2ccc(I)cc2)C[C@@H]2CC[C@H]1N2CCCF. The van der Waals surface area contributed by atoms with Gasteiger partial charge in [-0.05, 0) is 66.0 Å². The maximum absolute atomic E-state index is 12.6. The molecule has 2 aliphatic rings. The molecule has 0 saturated carbocycles. The second-order valence-corrected chi connectivity index (χ2v) is 7.77. The van der Waals surface area contributed by atoms with Gasteiger partial charge in [0.05, 0.1) is 19.7 Å². The molecule has 3 nitrogen and oxygen atoms in total. The summed E-state index contributed by atoms with van der Waals surface area (Å²) in [6.45, 7) is 0.456. The van der Waals surface area contributed by atoms with Crippen LogP contribution in [0.3, 0.4) is 0 Å². The van der Waals surface area contributed by atoms with E-state index in [4.69, 9.17) is 4.74 Å². The molecule has 0 aliphatic carbocycles. The van der Waals surface area contributed by atoms with E-state index in [0.29, 0.717) is 12.5 Å². The summed E-state index contributed by atoms with van der Waals surface area (Å²) in [4.78, 5) is 14.9. The van der Waals surface area contributed by atoms with Crippen LogP contribution in [0.5, 0.6) is 0 Å². The van der Waals surface area contributed by atoms with Gasteiger partial charge in [0.2, 0.25) is 0 Å². The Morgan fingerprint density at radius 1 is 1.35 bits per heavy atom. The lowest BCUT2D eigenvalue weighted by molar-refractivity contribution is -0.150. The standard InChI is InChI=1S/C18H23FINO2/c1-23-18(22)17-15(12-3-5-13(20)6-4-12)11-14-7-8-16(17)21(14)10-2-9-19/h3-6,14-17H,2,7-11H2,1H3/t14-,15+,16+,17-/m0/s1. The Balaban J connectivity index is 1.88. The predicted octanol–water partition coefficient (Wildman–Crippen LogP) is 3.76. The summed E-state index contributed by atoms with van der Waals surface area (Å²) in [5, 5.41) is 0. The molecule has 3 rings (SSSR count). The van der Waals surface area contributed by atoms with Gasteiger partial charge in [0, 0.05) is 28.1 Å². The number of piperidine rings is 1. The molecule has 1 aromatic carbocycles. The maximum Gasteiger partial charge on any atom is 0.310 e. The fourth-order valence-electron chi connectivity index (χ4n) is 4.41. The number of ether oxygens (including phenoxy) is 1. The number of halogens is 2. The highest BCUT2D eigenvalue weighted by Gasteiger charge is 2.50. The fraction of sp³-hybridized carbons (Fsp3) is 0.611. The average molecular weight is 431 g/mol. The summed E-state index contributed by atoms with van der Waals surface area (Å²) in [6, 6.07) is 9.13. The van der Waals surface area contributed by atoms with Crippen molar-refractivity contribution in [3.8, 4) is 0 Å². The van der Waals surface area contributed by atoms with Gasteiger partial charge < -0.3 is 4.74 Å². The Morgan fingerprint density at radius 3 is 2.74 bits per heavy atom. The predicted molar refractivity (Wildman–Crippen MR) is 96.1 cm³/mol. The van der Waals surface area contributed by atoms with Crippen molar-refractivity contribution in [2.45, 2.75) is 43.7 Å². The highest BCUT2D eigenvalue weighted by molar-refractivity contribution is 14.1. The van der Waals surface area contributed by atoms with Crippen LogP contribution in [0.4, 0.5) is 4.39 Å². The van der Waals surface area contributed by atoms with Crippen molar-refractivity contribution in [1.82, 2.24) is 4.90 Å². The minimum Gasteiger partial charge on any atom is -0.469 e. The second-order valence-electron chi connectivity index (χ2n) is 6.52. The van der Waals surface area contributed by atoms with Crippen molar-refractivity contribution in [1.29, 1.82) is 0 Å². The maximum atomic E-state index is 12.6. The van der Waals surface area contributed by atoms with Crippen LogP contribution in [0, 0.1) is 9.49 Å². The highest BCUT2D eigenvalue weighted by atomic mass is 127. The van der Waals surface area contributed by atoms with Crippen LogP contribution in [-0.4, -0.2) is 43.3 Å². The third-order valence-corrected chi connectivity index (χ3v) is 6.11. The zero-order valence-corrected chi connectivity index (χ0v) is 15.5. The molecular weight excluding hydrogens is 408 g/mol. The topological polar surface area (TPSA) is 29.5 Å². The van der Waals surface area contributed by atoms with Crippen molar-refractivity contribution < 1.29 is 13.9 Å². The van der Waals surface area contributed by atoms with Crippen molar-refractivity contribution in [3.63, 3.8) is 0 Å². The molecule has 0 N–H and O–H groups in total. The molecule has 126 valence electrons. The Hall–Kier alpha value is -0.690. The summed E-state index contributed by atoms with van der Waals surface area (Å²) >= 11 is 2.30. The van der Waals surface area contributed by atoms with Gasteiger partial charge in [0.15, 0.2) is 0 Å². The number of hydrogen-bond donors (Lipinski definition) is 0. The van der Waals surface area contributed by atoms with E-state index in [1.54, 1.807) is 0 Å². The third kappa shape index (κ3) is 3.40. The first-order valence-electron chi connectivity index (χ1n) is 8.30. The summed E-state index contributed by atoms with van der Waals surface area (Å²) < 4.78 is 18.9. The largest absolute Gasteiger partial charge is 0.469 e. The van der Waals surface area contributed by atoms with Crippen molar-refractivity contribution >= 4 is 28.6 Å². The molecule has 23 heavy (non-hydrogen) atoms. The monoisotopic (exact) mass is 431 g/mol. The first kappa shape index (κ1) is 17.1. The normalized spacial score (nSPS) is 30.4. The molecule has 0 amide bonds. The minimum atomic E-state index is -0.292. The molecule has 4 atom stereocenters. The molecule has 0 aromatic heterocycles. The van der Waals surface area contributed by atoms with E-state index >= 15 is 0 Å². The first-order valence-corrected chi connectivity index (χ1v) is 9.38. The molecule has 5 heteroatoms. The summed E-state index contributed by atoms with van der Waals surface area (Å²) in [5.74, 6) is -0.0545. The van der Waals surface area contributed by atoms with E-state index in [0.717, 1.165) is 25.8 Å². The van der Waals surface area contributed by atoms with Crippen LogP contribution < -0.4 is 0 Å². The molecule has 2 fully saturated rings.